The van der Waals surface area contributed by atoms with Crippen LogP contribution in [0.15, 0.2) is 30.3 Å². The molecule has 0 amide bonds. The minimum Gasteiger partial charge on any atom is -0.380 e. The first-order valence-corrected chi connectivity index (χ1v) is 7.40. The molecule has 2 atom stereocenters. The van der Waals surface area contributed by atoms with Crippen molar-refractivity contribution in [3.8, 4) is 0 Å². The van der Waals surface area contributed by atoms with Crippen LogP contribution in [0.4, 0.5) is 0 Å². The molecule has 0 saturated carbocycles. The van der Waals surface area contributed by atoms with Crippen molar-refractivity contribution in [1.29, 1.82) is 0 Å². The van der Waals surface area contributed by atoms with Crippen molar-refractivity contribution in [1.82, 2.24) is 10.2 Å². The summed E-state index contributed by atoms with van der Waals surface area (Å²) in [5.41, 5.74) is 1.41. The van der Waals surface area contributed by atoms with E-state index < -0.39 is 0 Å². The van der Waals surface area contributed by atoms with E-state index in [1.165, 1.54) is 18.5 Å². The van der Waals surface area contributed by atoms with E-state index in [0.717, 1.165) is 26.3 Å². The Balaban J connectivity index is 1.76. The van der Waals surface area contributed by atoms with Gasteiger partial charge in [0.25, 0.3) is 0 Å². The normalized spacial score (nSPS) is 23.9. The van der Waals surface area contributed by atoms with Crippen LogP contribution >= 0.6 is 0 Å². The average Bonchev–Trinajstić information content (AvgIpc) is 2.78. The number of nitrogens with zero attached hydrogens (tertiary/aromatic N) is 1. The number of ether oxygens (including phenoxy) is 1. The maximum absolute atomic E-state index is 5.37. The summed E-state index contributed by atoms with van der Waals surface area (Å²) < 4.78 is 5.37. The quantitative estimate of drug-likeness (QED) is 0.763. The summed E-state index contributed by atoms with van der Waals surface area (Å²) in [5, 5.41) is 3.62. The highest BCUT2D eigenvalue weighted by Crippen LogP contribution is 2.20. The highest BCUT2D eigenvalue weighted by molar-refractivity contribution is 5.15. The van der Waals surface area contributed by atoms with Gasteiger partial charge in [-0.15, -0.1) is 0 Å². The topological polar surface area (TPSA) is 24.5 Å². The standard InChI is InChI=1S/C16H26N2O/c1-3-19-12-10-17-16-9-11-18(14(16)2)13-15-7-5-4-6-8-15/h4-8,14,16-17H,3,9-13H2,1-2H3/t14-,16-/m1/s1. The van der Waals surface area contributed by atoms with E-state index >= 15 is 0 Å². The monoisotopic (exact) mass is 262 g/mol. The molecule has 106 valence electrons. The van der Waals surface area contributed by atoms with Gasteiger partial charge in [-0.2, -0.15) is 0 Å². The second-order valence-corrected chi connectivity index (χ2v) is 5.24. The van der Waals surface area contributed by atoms with Crippen LogP contribution in [0.25, 0.3) is 0 Å². The lowest BCUT2D eigenvalue weighted by atomic mass is 10.1. The van der Waals surface area contributed by atoms with Crippen molar-refractivity contribution in [2.45, 2.75) is 38.9 Å². The van der Waals surface area contributed by atoms with Crippen LogP contribution in [0.3, 0.4) is 0 Å². The number of hydrogen-bond donors (Lipinski definition) is 1. The summed E-state index contributed by atoms with van der Waals surface area (Å²) in [5.74, 6) is 0. The molecule has 0 aromatic heterocycles. The molecule has 1 aliphatic rings. The molecule has 1 heterocycles. The molecule has 1 saturated heterocycles. The number of nitrogens with one attached hydrogen (secondary N) is 1. The van der Waals surface area contributed by atoms with Crippen LogP contribution in [-0.2, 0) is 11.3 Å². The zero-order valence-electron chi connectivity index (χ0n) is 12.1. The van der Waals surface area contributed by atoms with Crippen LogP contribution in [0.5, 0.6) is 0 Å². The smallest absolute Gasteiger partial charge is 0.0590 e. The molecule has 1 N–H and O–H groups in total. The molecule has 19 heavy (non-hydrogen) atoms. The number of benzene rings is 1. The van der Waals surface area contributed by atoms with Gasteiger partial charge in [0.1, 0.15) is 0 Å². The Bertz CT molecular complexity index is 355. The third kappa shape index (κ3) is 4.30. The number of hydrogen-bond acceptors (Lipinski definition) is 3. The summed E-state index contributed by atoms with van der Waals surface area (Å²) in [6, 6.07) is 11.9. The molecule has 3 heteroatoms. The minimum absolute atomic E-state index is 0.599. The molecule has 1 aliphatic heterocycles. The van der Waals surface area contributed by atoms with Crippen molar-refractivity contribution in [3.05, 3.63) is 35.9 Å². The van der Waals surface area contributed by atoms with Crippen molar-refractivity contribution >= 4 is 0 Å². The lowest BCUT2D eigenvalue weighted by molar-refractivity contribution is 0.144. The van der Waals surface area contributed by atoms with Crippen molar-refractivity contribution in [3.63, 3.8) is 0 Å². The zero-order chi connectivity index (χ0) is 13.5. The third-order valence-electron chi connectivity index (χ3n) is 3.97. The predicted molar refractivity (Wildman–Crippen MR) is 79.2 cm³/mol. The van der Waals surface area contributed by atoms with Gasteiger partial charge in [0, 0.05) is 38.3 Å². The SMILES string of the molecule is CCOCCN[C@@H]1CCN(Cc2ccccc2)[C@@H]1C. The van der Waals surface area contributed by atoms with Gasteiger partial charge in [-0.25, -0.2) is 0 Å². The van der Waals surface area contributed by atoms with Gasteiger partial charge in [0.2, 0.25) is 0 Å². The van der Waals surface area contributed by atoms with Gasteiger partial charge < -0.3 is 10.1 Å². The van der Waals surface area contributed by atoms with Crippen LogP contribution < -0.4 is 5.32 Å². The molecule has 2 rings (SSSR count). The van der Waals surface area contributed by atoms with Gasteiger partial charge in [-0.1, -0.05) is 30.3 Å². The second-order valence-electron chi connectivity index (χ2n) is 5.24. The van der Waals surface area contributed by atoms with Crippen molar-refractivity contribution < 1.29 is 4.74 Å². The van der Waals surface area contributed by atoms with Gasteiger partial charge in [-0.3, -0.25) is 4.90 Å². The first-order valence-electron chi connectivity index (χ1n) is 7.40. The van der Waals surface area contributed by atoms with E-state index in [4.69, 9.17) is 4.74 Å². The first kappa shape index (κ1) is 14.5. The highest BCUT2D eigenvalue weighted by Gasteiger charge is 2.29. The summed E-state index contributed by atoms with van der Waals surface area (Å²) in [7, 11) is 0. The molecule has 1 aromatic carbocycles. The Morgan fingerprint density at radius 2 is 2.11 bits per heavy atom. The van der Waals surface area contributed by atoms with Crippen LogP contribution in [0.2, 0.25) is 0 Å². The fraction of sp³-hybridized carbons (Fsp3) is 0.625. The van der Waals surface area contributed by atoms with E-state index in [1.54, 1.807) is 0 Å². The van der Waals surface area contributed by atoms with Gasteiger partial charge >= 0.3 is 0 Å². The lowest BCUT2D eigenvalue weighted by Gasteiger charge is -2.25. The fourth-order valence-corrected chi connectivity index (χ4v) is 2.78. The number of likely N-dealkylation sites (tertiary alicyclic amines) is 1. The van der Waals surface area contributed by atoms with Gasteiger partial charge in [0.15, 0.2) is 0 Å². The van der Waals surface area contributed by atoms with E-state index in [0.29, 0.717) is 12.1 Å². The Morgan fingerprint density at radius 1 is 1.32 bits per heavy atom. The highest BCUT2D eigenvalue weighted by atomic mass is 16.5. The van der Waals surface area contributed by atoms with Crippen LogP contribution in [-0.4, -0.2) is 43.3 Å². The zero-order valence-corrected chi connectivity index (χ0v) is 12.1. The molecule has 1 aromatic rings. The van der Waals surface area contributed by atoms with Gasteiger partial charge in [0.05, 0.1) is 6.61 Å². The van der Waals surface area contributed by atoms with E-state index in [1.807, 2.05) is 6.92 Å². The molecule has 0 spiro atoms. The Labute approximate surface area is 116 Å². The summed E-state index contributed by atoms with van der Waals surface area (Å²) in [6.45, 7) is 9.20. The molecule has 1 fully saturated rings. The molecule has 3 nitrogen and oxygen atoms in total. The molecular weight excluding hydrogens is 236 g/mol. The molecule has 0 unspecified atom stereocenters. The first-order chi connectivity index (χ1) is 9.31. The lowest BCUT2D eigenvalue weighted by Crippen LogP contribution is -2.41. The number of rotatable bonds is 7. The summed E-state index contributed by atoms with van der Waals surface area (Å²) >= 11 is 0. The largest absolute Gasteiger partial charge is 0.380 e. The minimum atomic E-state index is 0.599. The summed E-state index contributed by atoms with van der Waals surface area (Å²) in [4.78, 5) is 2.56. The van der Waals surface area contributed by atoms with E-state index in [-0.39, 0.29) is 0 Å². The van der Waals surface area contributed by atoms with E-state index in [9.17, 15) is 0 Å². The van der Waals surface area contributed by atoms with Crippen molar-refractivity contribution in [2.75, 3.05) is 26.3 Å². The fourth-order valence-electron chi connectivity index (χ4n) is 2.78. The second kappa shape index (κ2) is 7.63. The molecule has 0 bridgehead atoms. The van der Waals surface area contributed by atoms with Gasteiger partial charge in [-0.05, 0) is 25.8 Å². The maximum Gasteiger partial charge on any atom is 0.0590 e. The third-order valence-corrected chi connectivity index (χ3v) is 3.97. The van der Waals surface area contributed by atoms with Crippen LogP contribution in [0.1, 0.15) is 25.8 Å². The van der Waals surface area contributed by atoms with Crippen molar-refractivity contribution in [2.24, 2.45) is 0 Å². The summed E-state index contributed by atoms with van der Waals surface area (Å²) in [6.07, 6.45) is 1.24. The maximum atomic E-state index is 5.37. The molecule has 0 radical (unpaired) electrons. The average molecular weight is 262 g/mol. The predicted octanol–water partition coefficient (Wildman–Crippen LogP) is 2.28. The Kier molecular flexibility index (Phi) is 5.83. The Hall–Kier alpha value is -0.900. The Morgan fingerprint density at radius 3 is 2.84 bits per heavy atom. The molecular formula is C16H26N2O. The van der Waals surface area contributed by atoms with E-state index in [2.05, 4.69) is 47.5 Å². The van der Waals surface area contributed by atoms with Crippen LogP contribution in [0, 0.1) is 0 Å². The molecule has 0 aliphatic carbocycles.